The highest BCUT2D eigenvalue weighted by atomic mass is 15.0. The Bertz CT molecular complexity index is 3440. The second-order valence-corrected chi connectivity index (χ2v) is 26.7. The number of hydrogen-bond donors (Lipinski definition) is 0. The number of aromatic nitrogens is 2. The van der Waals surface area contributed by atoms with Gasteiger partial charge in [0.2, 0.25) is 0 Å². The predicted molar refractivity (Wildman–Crippen MR) is 282 cm³/mol. The molecule has 0 atom stereocenters. The maximum atomic E-state index is 2.91. The van der Waals surface area contributed by atoms with Gasteiger partial charge in [0.05, 0.1) is 11.0 Å². The number of fused-ring (bicyclic) bond motifs is 10. The first kappa shape index (κ1) is 38.9. The molecule has 6 aromatic carbocycles. The molecule has 2 aliphatic heterocycles. The molecule has 0 amide bonds. The maximum absolute atomic E-state index is 2.91. The molecular formula is C64H65BN2. The Balaban J connectivity index is 1.05. The van der Waals surface area contributed by atoms with E-state index in [4.69, 9.17) is 0 Å². The van der Waals surface area contributed by atoms with Crippen molar-refractivity contribution in [2.75, 3.05) is 0 Å². The zero-order valence-electron chi connectivity index (χ0n) is 40.7. The molecule has 0 radical (unpaired) electrons. The van der Waals surface area contributed by atoms with Gasteiger partial charge < -0.3 is 9.05 Å². The Hall–Kier alpha value is -5.02. The van der Waals surface area contributed by atoms with Crippen molar-refractivity contribution in [3.63, 3.8) is 0 Å². The summed E-state index contributed by atoms with van der Waals surface area (Å²) >= 11 is 0. The van der Waals surface area contributed by atoms with E-state index in [2.05, 4.69) is 154 Å². The molecule has 67 heavy (non-hydrogen) atoms. The molecule has 334 valence electrons. The van der Waals surface area contributed by atoms with E-state index in [9.17, 15) is 0 Å². The average Bonchev–Trinajstić information content (AvgIpc) is 3.80. The smallest absolute Gasteiger partial charge is 0.333 e. The van der Waals surface area contributed by atoms with Crippen LogP contribution in [-0.4, -0.2) is 15.9 Å². The first-order chi connectivity index (χ1) is 32.3. The third-order valence-electron chi connectivity index (χ3n) is 20.4. The van der Waals surface area contributed by atoms with Crippen molar-refractivity contribution in [3.8, 4) is 27.9 Å². The van der Waals surface area contributed by atoms with Crippen LogP contribution in [0.4, 0.5) is 0 Å². The van der Waals surface area contributed by atoms with Crippen LogP contribution in [0.5, 0.6) is 0 Å². The summed E-state index contributed by atoms with van der Waals surface area (Å²) in [7, 11) is 0. The predicted octanol–water partition coefficient (Wildman–Crippen LogP) is 15.0. The van der Waals surface area contributed by atoms with Crippen LogP contribution < -0.4 is 10.9 Å². The highest BCUT2D eigenvalue weighted by Gasteiger charge is 2.54. The molecule has 0 spiro atoms. The first-order valence-corrected chi connectivity index (χ1v) is 26.8. The number of hydrogen-bond acceptors (Lipinski definition) is 0. The molecule has 10 aliphatic rings. The minimum absolute atomic E-state index is 0.0127. The average molecular weight is 873 g/mol. The Kier molecular flexibility index (Phi) is 7.31. The molecule has 3 heteroatoms. The van der Waals surface area contributed by atoms with Crippen molar-refractivity contribution in [2.45, 2.75) is 140 Å². The quantitative estimate of drug-likeness (QED) is 0.157. The highest BCUT2D eigenvalue weighted by Crippen LogP contribution is 2.63. The molecule has 2 aromatic heterocycles. The van der Waals surface area contributed by atoms with E-state index in [0.717, 1.165) is 35.5 Å². The summed E-state index contributed by atoms with van der Waals surface area (Å²) in [6, 6.07) is 42.9. The minimum Gasteiger partial charge on any atom is -0.375 e. The Labute approximate surface area is 397 Å². The number of benzene rings is 6. The second kappa shape index (κ2) is 12.6. The Morgan fingerprint density at radius 1 is 0.463 bits per heavy atom. The van der Waals surface area contributed by atoms with Crippen LogP contribution in [-0.2, 0) is 21.7 Å². The lowest BCUT2D eigenvalue weighted by molar-refractivity contribution is -0.00527. The van der Waals surface area contributed by atoms with Gasteiger partial charge in [-0.25, -0.2) is 0 Å². The van der Waals surface area contributed by atoms with Gasteiger partial charge in [0.1, 0.15) is 0 Å². The van der Waals surface area contributed by atoms with E-state index in [1.807, 2.05) is 0 Å². The summed E-state index contributed by atoms with van der Waals surface area (Å²) in [5, 5.41) is 5.85. The van der Waals surface area contributed by atoms with E-state index in [0.29, 0.717) is 10.8 Å². The van der Waals surface area contributed by atoms with Gasteiger partial charge in [-0.1, -0.05) is 90.1 Å². The lowest BCUT2D eigenvalue weighted by atomic mass is 9.45. The van der Waals surface area contributed by atoms with Crippen LogP contribution in [0, 0.1) is 35.5 Å². The van der Waals surface area contributed by atoms with Crippen LogP contribution in [0.2, 0.25) is 0 Å². The summed E-state index contributed by atoms with van der Waals surface area (Å²) < 4.78 is 5.63. The molecule has 8 saturated carbocycles. The fourth-order valence-electron chi connectivity index (χ4n) is 18.3. The summed E-state index contributed by atoms with van der Waals surface area (Å²) in [6.07, 6.45) is 17.3. The topological polar surface area (TPSA) is 9.86 Å². The van der Waals surface area contributed by atoms with Gasteiger partial charge in [0.15, 0.2) is 0 Å². The summed E-state index contributed by atoms with van der Waals surface area (Å²) in [5.41, 5.74) is 22.4. The van der Waals surface area contributed by atoms with Crippen molar-refractivity contribution in [1.29, 1.82) is 0 Å². The van der Waals surface area contributed by atoms with E-state index in [-0.39, 0.29) is 17.7 Å². The molecule has 8 fully saturated rings. The van der Waals surface area contributed by atoms with Crippen LogP contribution in [0.3, 0.4) is 0 Å². The van der Waals surface area contributed by atoms with Gasteiger partial charge in [-0.3, -0.25) is 0 Å². The molecule has 8 bridgehead atoms. The molecule has 8 aliphatic carbocycles. The third-order valence-corrected chi connectivity index (χ3v) is 20.4. The van der Waals surface area contributed by atoms with Crippen LogP contribution in [0.1, 0.15) is 141 Å². The lowest BCUT2D eigenvalue weighted by Gasteiger charge is -2.57. The highest BCUT2D eigenvalue weighted by molar-refractivity contribution is 6.90. The van der Waals surface area contributed by atoms with Crippen molar-refractivity contribution in [2.24, 2.45) is 35.5 Å². The molecule has 0 N–H and O–H groups in total. The van der Waals surface area contributed by atoms with Crippen LogP contribution in [0.25, 0.3) is 71.6 Å². The first-order valence-electron chi connectivity index (χ1n) is 26.8. The van der Waals surface area contributed by atoms with Crippen molar-refractivity contribution >= 4 is 61.4 Å². The molecule has 4 heterocycles. The van der Waals surface area contributed by atoms with Crippen molar-refractivity contribution < 1.29 is 0 Å². The maximum Gasteiger partial charge on any atom is 0.333 e. The summed E-state index contributed by atoms with van der Waals surface area (Å²) in [5.74, 6) is 5.49. The largest absolute Gasteiger partial charge is 0.375 e. The standard InChI is InChI=1S/C64H65BN2/c1-61(2,3)44-12-14-55-48(24-44)52-26-46(62(4,5)6)29-54-60(52)66(55)57-23-43(42-10-8-7-9-11-42)22-50-53-28-47(64-33-39-19-40(34-64)21-41(20-39)35-64)27-51-49-25-45(13-15-56(49)67(59(51)53)65(54)58(50)57)63-30-36-16-37(31-63)18-38(17-36)32-63/h7-15,22-29,36-41H,16-21,30-35H2,1-6H3. The van der Waals surface area contributed by atoms with E-state index < -0.39 is 0 Å². The SMILES string of the molecule is CC(C)(C)c1ccc2c(c1)c1cc(C(C)(C)C)cc3c1n2-c1cc(-c2ccccc2)cc2c1B3n1c3ccc(C45CC6CC(CC(C6)C4)C5)cc3c3cc(C45CC6CC(CC(C6)C4)C5)cc-2c31. The zero-order valence-corrected chi connectivity index (χ0v) is 40.7. The molecule has 0 saturated heterocycles. The lowest BCUT2D eigenvalue weighted by Crippen LogP contribution is -2.55. The van der Waals surface area contributed by atoms with Crippen LogP contribution >= 0.6 is 0 Å². The van der Waals surface area contributed by atoms with Gasteiger partial charge in [0.25, 0.3) is 0 Å². The number of rotatable bonds is 3. The van der Waals surface area contributed by atoms with E-state index in [1.165, 1.54) is 171 Å². The van der Waals surface area contributed by atoms with Crippen molar-refractivity contribution in [3.05, 3.63) is 125 Å². The van der Waals surface area contributed by atoms with Gasteiger partial charge in [-0.15, -0.1) is 0 Å². The number of nitrogens with zero attached hydrogens (tertiary/aromatic N) is 2. The third kappa shape index (κ3) is 5.15. The van der Waals surface area contributed by atoms with Crippen molar-refractivity contribution in [1.82, 2.24) is 9.05 Å². The molecule has 0 unspecified atom stereocenters. The Morgan fingerprint density at radius 2 is 1.01 bits per heavy atom. The normalized spacial score (nSPS) is 29.6. The fraction of sp³-hybridized carbons (Fsp3) is 0.438. The van der Waals surface area contributed by atoms with Gasteiger partial charge in [0, 0.05) is 43.8 Å². The molecule has 2 nitrogen and oxygen atoms in total. The Morgan fingerprint density at radius 3 is 1.64 bits per heavy atom. The van der Waals surface area contributed by atoms with E-state index in [1.54, 1.807) is 11.1 Å². The van der Waals surface area contributed by atoms with Gasteiger partial charge in [-0.2, -0.15) is 0 Å². The molecule has 18 rings (SSSR count). The second-order valence-electron chi connectivity index (χ2n) is 26.7. The van der Waals surface area contributed by atoms with Crippen LogP contribution in [0.15, 0.2) is 103 Å². The zero-order chi connectivity index (χ0) is 44.7. The summed E-state index contributed by atoms with van der Waals surface area (Å²) in [4.78, 5) is 0. The monoisotopic (exact) mass is 873 g/mol. The van der Waals surface area contributed by atoms with E-state index >= 15 is 0 Å². The van der Waals surface area contributed by atoms with Gasteiger partial charge >= 0.3 is 6.85 Å². The van der Waals surface area contributed by atoms with Gasteiger partial charge in [-0.05, 0) is 239 Å². The fourth-order valence-corrected chi connectivity index (χ4v) is 18.3. The summed E-state index contributed by atoms with van der Waals surface area (Å²) in [6.45, 7) is 14.4. The molecule has 8 aromatic rings. The molecular weight excluding hydrogens is 808 g/mol. The minimum atomic E-state index is -0.0127.